The van der Waals surface area contributed by atoms with Crippen LogP contribution in [0.5, 0.6) is 11.5 Å². The number of carbonyl (C=O) groups excluding carboxylic acids is 1. The first-order chi connectivity index (χ1) is 14.9. The zero-order valence-electron chi connectivity index (χ0n) is 16.9. The summed E-state index contributed by atoms with van der Waals surface area (Å²) in [6, 6.07) is 20.3. The minimum atomic E-state index is -0.563. The molecule has 4 N–H and O–H groups in total. The lowest BCUT2D eigenvalue weighted by Crippen LogP contribution is -2.10. The second kappa shape index (κ2) is 9.82. The maximum absolute atomic E-state index is 10.5. The van der Waals surface area contributed by atoms with Gasteiger partial charge in [0.25, 0.3) is 0 Å². The molecule has 0 unspecified atom stereocenters. The Morgan fingerprint density at radius 2 is 1.97 bits per heavy atom. The minimum absolute atomic E-state index is 0.0586. The summed E-state index contributed by atoms with van der Waals surface area (Å²) in [5.74, 6) is 0.258. The van der Waals surface area contributed by atoms with E-state index in [1.54, 1.807) is 7.11 Å². The number of hydrogen-bond acceptors (Lipinski definition) is 4. The number of rotatable bonds is 5. The standard InChI is InChI=1S/C17H16N2O.C7H6ClNO2/c1-20-16-4-2-3-14(10-16)12-19-8-7-15-9-13(11-18)5-6-17(15)19;8-5-3-4(7(9)11)1-2-6(5)10/h2-11,18H,12H2,1H3;1-3,10H,(H2,9,11). The van der Waals surface area contributed by atoms with Gasteiger partial charge in [-0.15, -0.1) is 0 Å². The van der Waals surface area contributed by atoms with Crippen molar-refractivity contribution in [1.82, 2.24) is 4.57 Å². The predicted octanol–water partition coefficient (Wildman–Crippen LogP) is 4.84. The molecule has 1 amide bonds. The Bertz CT molecular complexity index is 1230. The molecule has 0 fully saturated rings. The van der Waals surface area contributed by atoms with Crippen LogP contribution < -0.4 is 10.5 Å². The van der Waals surface area contributed by atoms with Crippen molar-refractivity contribution in [3.05, 3.63) is 94.6 Å². The van der Waals surface area contributed by atoms with E-state index in [0.717, 1.165) is 23.2 Å². The first-order valence-corrected chi connectivity index (χ1v) is 9.79. The summed E-state index contributed by atoms with van der Waals surface area (Å²) < 4.78 is 7.46. The Morgan fingerprint density at radius 3 is 2.65 bits per heavy atom. The van der Waals surface area contributed by atoms with E-state index >= 15 is 0 Å². The molecule has 1 heterocycles. The Hall–Kier alpha value is -3.77. The highest BCUT2D eigenvalue weighted by atomic mass is 35.5. The number of nitrogens with two attached hydrogens (primary N) is 1. The number of ether oxygens (including phenoxy) is 1. The number of benzene rings is 3. The highest BCUT2D eigenvalue weighted by molar-refractivity contribution is 6.32. The van der Waals surface area contributed by atoms with Gasteiger partial charge in [0.1, 0.15) is 11.5 Å². The number of fused-ring (bicyclic) bond motifs is 1. The summed E-state index contributed by atoms with van der Waals surface area (Å²) in [5.41, 5.74) is 8.55. The number of hydrogen-bond donors (Lipinski definition) is 3. The number of amides is 1. The van der Waals surface area contributed by atoms with E-state index in [0.29, 0.717) is 0 Å². The molecule has 0 atom stereocenters. The zero-order chi connectivity index (χ0) is 22.4. The molecule has 0 aliphatic carbocycles. The van der Waals surface area contributed by atoms with Crippen molar-refractivity contribution in [3.8, 4) is 11.5 Å². The van der Waals surface area contributed by atoms with Gasteiger partial charge in [0.15, 0.2) is 0 Å². The maximum atomic E-state index is 10.5. The number of phenols is 1. The number of nitrogens with zero attached hydrogens (tertiary/aromatic N) is 1. The average molecular weight is 436 g/mol. The number of nitrogens with one attached hydrogen (secondary N) is 1. The van der Waals surface area contributed by atoms with Crippen molar-refractivity contribution in [1.29, 1.82) is 5.41 Å². The molecule has 0 aliphatic heterocycles. The summed E-state index contributed by atoms with van der Waals surface area (Å²) in [6.07, 6.45) is 3.46. The van der Waals surface area contributed by atoms with Crippen LogP contribution in [-0.2, 0) is 6.54 Å². The Labute approximate surface area is 185 Å². The lowest BCUT2D eigenvalue weighted by Gasteiger charge is -2.07. The van der Waals surface area contributed by atoms with E-state index in [4.69, 9.17) is 32.6 Å². The van der Waals surface area contributed by atoms with Crippen molar-refractivity contribution < 1.29 is 14.6 Å². The molecule has 0 aliphatic rings. The molecular formula is C24H22ClN3O3. The molecule has 1 aromatic heterocycles. The quantitative estimate of drug-likeness (QED) is 0.391. The average Bonchev–Trinajstić information content (AvgIpc) is 3.17. The van der Waals surface area contributed by atoms with Gasteiger partial charge >= 0.3 is 0 Å². The smallest absolute Gasteiger partial charge is 0.248 e. The van der Waals surface area contributed by atoms with Gasteiger partial charge in [-0.3, -0.25) is 4.79 Å². The van der Waals surface area contributed by atoms with Gasteiger partial charge in [-0.2, -0.15) is 0 Å². The van der Waals surface area contributed by atoms with Crippen molar-refractivity contribution in [2.75, 3.05) is 7.11 Å². The topological polar surface area (TPSA) is 101 Å². The molecule has 0 saturated carbocycles. The summed E-state index contributed by atoms with van der Waals surface area (Å²) in [6.45, 7) is 0.810. The van der Waals surface area contributed by atoms with Gasteiger partial charge in [0.05, 0.1) is 12.1 Å². The van der Waals surface area contributed by atoms with Gasteiger partial charge in [0, 0.05) is 35.4 Å². The highest BCUT2D eigenvalue weighted by Crippen LogP contribution is 2.23. The summed E-state index contributed by atoms with van der Waals surface area (Å²) >= 11 is 5.50. The second-order valence-corrected chi connectivity index (χ2v) is 7.20. The number of methoxy groups -OCH3 is 1. The number of halogens is 1. The van der Waals surface area contributed by atoms with Crippen LogP contribution in [-0.4, -0.2) is 28.9 Å². The first kappa shape index (κ1) is 21.9. The molecule has 158 valence electrons. The van der Waals surface area contributed by atoms with Crippen molar-refractivity contribution in [2.24, 2.45) is 5.73 Å². The van der Waals surface area contributed by atoms with Gasteiger partial charge in [0.2, 0.25) is 5.91 Å². The number of phenolic OH excluding ortho intramolecular Hbond substituents is 1. The van der Waals surface area contributed by atoms with E-state index in [1.165, 1.54) is 35.5 Å². The Kier molecular flexibility index (Phi) is 6.95. The molecule has 0 radical (unpaired) electrons. The summed E-state index contributed by atoms with van der Waals surface area (Å²) in [4.78, 5) is 10.5. The van der Waals surface area contributed by atoms with Crippen LogP contribution in [0.3, 0.4) is 0 Å². The van der Waals surface area contributed by atoms with E-state index < -0.39 is 5.91 Å². The largest absolute Gasteiger partial charge is 0.506 e. The number of aromatic nitrogens is 1. The number of primary amides is 1. The van der Waals surface area contributed by atoms with Crippen LogP contribution in [0.4, 0.5) is 0 Å². The lowest BCUT2D eigenvalue weighted by atomic mass is 10.1. The van der Waals surface area contributed by atoms with Crippen LogP contribution in [0.2, 0.25) is 5.02 Å². The fourth-order valence-electron chi connectivity index (χ4n) is 3.07. The van der Waals surface area contributed by atoms with Crippen molar-refractivity contribution in [2.45, 2.75) is 6.54 Å². The Balaban J connectivity index is 0.000000210. The Morgan fingerprint density at radius 1 is 1.16 bits per heavy atom. The molecular weight excluding hydrogens is 414 g/mol. The van der Waals surface area contributed by atoms with Crippen molar-refractivity contribution in [3.63, 3.8) is 0 Å². The maximum Gasteiger partial charge on any atom is 0.248 e. The van der Waals surface area contributed by atoms with Crippen LogP contribution in [0, 0.1) is 5.41 Å². The molecule has 0 spiro atoms. The van der Waals surface area contributed by atoms with E-state index in [9.17, 15) is 4.79 Å². The van der Waals surface area contributed by atoms with Crippen molar-refractivity contribution >= 4 is 34.6 Å². The molecule has 7 heteroatoms. The normalized spacial score (nSPS) is 10.3. The van der Waals surface area contributed by atoms with Gasteiger partial charge < -0.3 is 25.6 Å². The SMILES string of the molecule is COc1cccc(Cn2ccc3cc(C=N)ccc32)c1.NC(=O)c1ccc(O)c(Cl)c1. The summed E-state index contributed by atoms with van der Waals surface area (Å²) in [7, 11) is 1.68. The zero-order valence-corrected chi connectivity index (χ0v) is 17.6. The molecule has 0 saturated heterocycles. The fourth-order valence-corrected chi connectivity index (χ4v) is 3.25. The highest BCUT2D eigenvalue weighted by Gasteiger charge is 2.04. The van der Waals surface area contributed by atoms with E-state index in [2.05, 4.69) is 35.0 Å². The molecule has 0 bridgehead atoms. The van der Waals surface area contributed by atoms with Gasteiger partial charge in [-0.05, 0) is 59.7 Å². The van der Waals surface area contributed by atoms with Crippen LogP contribution in [0.15, 0.2) is 72.9 Å². The third-order valence-electron chi connectivity index (χ3n) is 4.68. The molecule has 6 nitrogen and oxygen atoms in total. The van der Waals surface area contributed by atoms with Crippen LogP contribution >= 0.6 is 11.6 Å². The van der Waals surface area contributed by atoms with Gasteiger partial charge in [-0.1, -0.05) is 29.8 Å². The van der Waals surface area contributed by atoms with E-state index in [-0.39, 0.29) is 16.3 Å². The molecule has 31 heavy (non-hydrogen) atoms. The fraction of sp³-hybridized carbons (Fsp3) is 0.0833. The number of aromatic hydroxyl groups is 1. The second-order valence-electron chi connectivity index (χ2n) is 6.79. The van der Waals surface area contributed by atoms with Gasteiger partial charge in [-0.25, -0.2) is 0 Å². The van der Waals surface area contributed by atoms with Crippen LogP contribution in [0.1, 0.15) is 21.5 Å². The molecule has 4 rings (SSSR count). The summed E-state index contributed by atoms with van der Waals surface area (Å²) in [5, 5.41) is 17.5. The van der Waals surface area contributed by atoms with Crippen LogP contribution in [0.25, 0.3) is 10.9 Å². The molecule has 4 aromatic rings. The third-order valence-corrected chi connectivity index (χ3v) is 4.98. The minimum Gasteiger partial charge on any atom is -0.506 e. The predicted molar refractivity (Wildman–Crippen MR) is 124 cm³/mol. The monoisotopic (exact) mass is 435 g/mol. The van der Waals surface area contributed by atoms with E-state index in [1.807, 2.05) is 24.3 Å². The number of carbonyl (C=O) groups is 1. The third kappa shape index (κ3) is 5.43. The first-order valence-electron chi connectivity index (χ1n) is 9.42. The molecule has 3 aromatic carbocycles. The lowest BCUT2D eigenvalue weighted by molar-refractivity contribution is 0.100.